The number of hydrogen-bond acceptors (Lipinski definition) is 4. The summed E-state index contributed by atoms with van der Waals surface area (Å²) in [7, 11) is 0. The van der Waals surface area contributed by atoms with E-state index in [0.717, 1.165) is 0 Å². The van der Waals surface area contributed by atoms with Crippen molar-refractivity contribution in [2.45, 2.75) is 51.8 Å². The highest BCUT2D eigenvalue weighted by molar-refractivity contribution is 5.76. The Hall–Kier alpha value is -0.650. The molecular formula is C13H26N2O3. The summed E-state index contributed by atoms with van der Waals surface area (Å²) in [6, 6.07) is 0.0925. The zero-order valence-electron chi connectivity index (χ0n) is 11.9. The molecule has 1 heterocycles. The van der Waals surface area contributed by atoms with Crippen LogP contribution in [-0.4, -0.2) is 59.9 Å². The number of morpholine rings is 1. The normalized spacial score (nSPS) is 25.3. The molecule has 2 N–H and O–H groups in total. The van der Waals surface area contributed by atoms with E-state index >= 15 is 0 Å². The first-order chi connectivity index (χ1) is 8.33. The minimum atomic E-state index is -0.235. The molecular weight excluding hydrogens is 232 g/mol. The molecule has 0 aromatic heterocycles. The maximum Gasteiger partial charge on any atom is 0.224 e. The Labute approximate surface area is 109 Å². The molecule has 1 amide bonds. The standard InChI is InChI=1S/C13H26N2O3/c1-10-9-18-11(8-16)7-15(10)12(17)5-6-14-13(2,3)4/h10-11,14,16H,5-9H2,1-4H3. The van der Waals surface area contributed by atoms with E-state index in [1.807, 2.05) is 11.8 Å². The van der Waals surface area contributed by atoms with Gasteiger partial charge >= 0.3 is 0 Å². The molecule has 0 spiro atoms. The maximum atomic E-state index is 12.1. The molecule has 0 saturated carbocycles. The van der Waals surface area contributed by atoms with Gasteiger partial charge in [-0.1, -0.05) is 0 Å². The van der Waals surface area contributed by atoms with Crippen LogP contribution in [0.25, 0.3) is 0 Å². The lowest BCUT2D eigenvalue weighted by molar-refractivity contribution is -0.146. The van der Waals surface area contributed by atoms with Crippen molar-refractivity contribution in [2.24, 2.45) is 0 Å². The Morgan fingerprint density at radius 1 is 1.50 bits per heavy atom. The number of carbonyl (C=O) groups is 1. The number of carbonyl (C=O) groups excluding carboxylic acids is 1. The first-order valence-electron chi connectivity index (χ1n) is 6.60. The topological polar surface area (TPSA) is 61.8 Å². The summed E-state index contributed by atoms with van der Waals surface area (Å²) < 4.78 is 5.42. The molecule has 1 saturated heterocycles. The van der Waals surface area contributed by atoms with E-state index in [4.69, 9.17) is 9.84 Å². The lowest BCUT2D eigenvalue weighted by Crippen LogP contribution is -2.52. The van der Waals surface area contributed by atoms with Crippen LogP contribution in [0.4, 0.5) is 0 Å². The molecule has 1 rings (SSSR count). The van der Waals surface area contributed by atoms with Gasteiger partial charge in [0.25, 0.3) is 0 Å². The predicted octanol–water partition coefficient (Wildman–Crippen LogP) is 0.373. The molecule has 1 aliphatic rings. The van der Waals surface area contributed by atoms with E-state index in [-0.39, 0.29) is 30.2 Å². The van der Waals surface area contributed by atoms with Gasteiger partial charge in [-0.05, 0) is 27.7 Å². The predicted molar refractivity (Wildman–Crippen MR) is 70.4 cm³/mol. The second kappa shape index (κ2) is 6.50. The summed E-state index contributed by atoms with van der Waals surface area (Å²) in [5.41, 5.74) is 0.0323. The summed E-state index contributed by atoms with van der Waals surface area (Å²) in [5, 5.41) is 12.4. The van der Waals surface area contributed by atoms with Gasteiger partial charge in [0, 0.05) is 25.0 Å². The zero-order chi connectivity index (χ0) is 13.8. The summed E-state index contributed by atoms with van der Waals surface area (Å²) >= 11 is 0. The number of amides is 1. The van der Waals surface area contributed by atoms with E-state index in [2.05, 4.69) is 26.1 Å². The molecule has 106 valence electrons. The molecule has 5 nitrogen and oxygen atoms in total. The molecule has 0 aromatic rings. The lowest BCUT2D eigenvalue weighted by atomic mass is 10.1. The maximum absolute atomic E-state index is 12.1. The molecule has 2 atom stereocenters. The van der Waals surface area contributed by atoms with Crippen LogP contribution in [0, 0.1) is 0 Å². The van der Waals surface area contributed by atoms with Crippen molar-refractivity contribution in [3.05, 3.63) is 0 Å². The average Bonchev–Trinajstić information content (AvgIpc) is 2.27. The lowest BCUT2D eigenvalue weighted by Gasteiger charge is -2.37. The molecule has 0 radical (unpaired) electrons. The third-order valence-corrected chi connectivity index (χ3v) is 3.02. The summed E-state index contributed by atoms with van der Waals surface area (Å²) in [5.74, 6) is 0.126. The van der Waals surface area contributed by atoms with Crippen molar-refractivity contribution < 1.29 is 14.6 Å². The third-order valence-electron chi connectivity index (χ3n) is 3.02. The van der Waals surface area contributed by atoms with E-state index in [1.54, 1.807) is 0 Å². The Balaban J connectivity index is 2.39. The Bertz CT molecular complexity index is 276. The molecule has 1 fully saturated rings. The first kappa shape index (κ1) is 15.4. The molecule has 18 heavy (non-hydrogen) atoms. The second-order valence-electron chi connectivity index (χ2n) is 5.96. The van der Waals surface area contributed by atoms with Crippen molar-refractivity contribution in [3.8, 4) is 0 Å². The smallest absolute Gasteiger partial charge is 0.224 e. The number of rotatable bonds is 4. The van der Waals surface area contributed by atoms with Gasteiger partial charge in [-0.2, -0.15) is 0 Å². The van der Waals surface area contributed by atoms with Crippen LogP contribution in [0.3, 0.4) is 0 Å². The molecule has 5 heteroatoms. The van der Waals surface area contributed by atoms with Gasteiger partial charge in [0.15, 0.2) is 0 Å². The highest BCUT2D eigenvalue weighted by atomic mass is 16.5. The molecule has 0 aliphatic carbocycles. The number of nitrogens with zero attached hydrogens (tertiary/aromatic N) is 1. The van der Waals surface area contributed by atoms with Gasteiger partial charge < -0.3 is 20.1 Å². The fourth-order valence-electron chi connectivity index (χ4n) is 1.96. The van der Waals surface area contributed by atoms with Crippen LogP contribution in [-0.2, 0) is 9.53 Å². The highest BCUT2D eigenvalue weighted by Gasteiger charge is 2.28. The summed E-state index contributed by atoms with van der Waals surface area (Å²) in [4.78, 5) is 13.9. The Morgan fingerprint density at radius 2 is 2.17 bits per heavy atom. The van der Waals surface area contributed by atoms with Crippen molar-refractivity contribution >= 4 is 5.91 Å². The Morgan fingerprint density at radius 3 is 2.72 bits per heavy atom. The fourth-order valence-corrected chi connectivity index (χ4v) is 1.96. The molecule has 0 bridgehead atoms. The van der Waals surface area contributed by atoms with Crippen LogP contribution < -0.4 is 5.32 Å². The van der Waals surface area contributed by atoms with Crippen LogP contribution in [0.1, 0.15) is 34.1 Å². The molecule has 1 aliphatic heterocycles. The van der Waals surface area contributed by atoms with Gasteiger partial charge in [0.05, 0.1) is 25.4 Å². The monoisotopic (exact) mass is 258 g/mol. The van der Waals surface area contributed by atoms with Crippen LogP contribution in [0.5, 0.6) is 0 Å². The van der Waals surface area contributed by atoms with E-state index in [9.17, 15) is 4.79 Å². The average molecular weight is 258 g/mol. The number of aliphatic hydroxyl groups is 1. The number of nitrogens with one attached hydrogen (secondary N) is 1. The third kappa shape index (κ3) is 4.92. The van der Waals surface area contributed by atoms with Gasteiger partial charge in [0.2, 0.25) is 5.91 Å². The molecule has 0 aromatic carbocycles. The van der Waals surface area contributed by atoms with Crippen molar-refractivity contribution in [1.29, 1.82) is 0 Å². The Kier molecular flexibility index (Phi) is 5.56. The molecule has 2 unspecified atom stereocenters. The van der Waals surface area contributed by atoms with Crippen LogP contribution >= 0.6 is 0 Å². The first-order valence-corrected chi connectivity index (χ1v) is 6.60. The zero-order valence-corrected chi connectivity index (χ0v) is 11.9. The minimum Gasteiger partial charge on any atom is -0.394 e. The fraction of sp³-hybridized carbons (Fsp3) is 0.923. The van der Waals surface area contributed by atoms with Gasteiger partial charge in [-0.25, -0.2) is 0 Å². The van der Waals surface area contributed by atoms with Gasteiger partial charge in [-0.15, -0.1) is 0 Å². The van der Waals surface area contributed by atoms with E-state index < -0.39 is 0 Å². The van der Waals surface area contributed by atoms with Crippen LogP contribution in [0.2, 0.25) is 0 Å². The van der Waals surface area contributed by atoms with Crippen molar-refractivity contribution in [3.63, 3.8) is 0 Å². The largest absolute Gasteiger partial charge is 0.394 e. The van der Waals surface area contributed by atoms with Crippen LogP contribution in [0.15, 0.2) is 0 Å². The number of ether oxygens (including phenoxy) is 1. The van der Waals surface area contributed by atoms with Crippen molar-refractivity contribution in [1.82, 2.24) is 10.2 Å². The SMILES string of the molecule is CC1COC(CO)CN1C(=O)CCNC(C)(C)C. The summed E-state index contributed by atoms with van der Waals surface area (Å²) in [6.45, 7) is 9.86. The van der Waals surface area contributed by atoms with E-state index in [1.165, 1.54) is 0 Å². The number of aliphatic hydroxyl groups excluding tert-OH is 1. The van der Waals surface area contributed by atoms with Crippen molar-refractivity contribution in [2.75, 3.05) is 26.3 Å². The quantitative estimate of drug-likeness (QED) is 0.765. The number of hydrogen-bond donors (Lipinski definition) is 2. The summed E-state index contributed by atoms with van der Waals surface area (Å²) in [6.07, 6.45) is 0.250. The minimum absolute atomic E-state index is 0.0310. The van der Waals surface area contributed by atoms with E-state index in [0.29, 0.717) is 26.1 Å². The second-order valence-corrected chi connectivity index (χ2v) is 5.96. The van der Waals surface area contributed by atoms with Gasteiger partial charge in [0.1, 0.15) is 0 Å². The van der Waals surface area contributed by atoms with Gasteiger partial charge in [-0.3, -0.25) is 4.79 Å². The highest BCUT2D eigenvalue weighted by Crippen LogP contribution is 2.12.